The number of carbonyl (C=O) groups is 1. The second kappa shape index (κ2) is 8.87. The molecule has 0 radical (unpaired) electrons. The number of hydrogen-bond donors (Lipinski definition) is 1. The van der Waals surface area contributed by atoms with Crippen LogP contribution in [0.5, 0.6) is 0 Å². The highest BCUT2D eigenvalue weighted by Crippen LogP contribution is 2.32. The number of amides is 1. The molecule has 0 saturated carbocycles. The lowest BCUT2D eigenvalue weighted by Gasteiger charge is -2.16. The summed E-state index contributed by atoms with van der Waals surface area (Å²) in [6, 6.07) is 15.7. The van der Waals surface area contributed by atoms with Crippen LogP contribution in [0.1, 0.15) is 22.0 Å². The van der Waals surface area contributed by atoms with E-state index in [4.69, 9.17) is 5.73 Å². The molecule has 3 rings (SSSR count). The fourth-order valence-electron chi connectivity index (χ4n) is 3.01. The van der Waals surface area contributed by atoms with Crippen LogP contribution < -0.4 is 5.73 Å². The summed E-state index contributed by atoms with van der Waals surface area (Å²) in [6.07, 6.45) is 1.65. The molecule has 1 fully saturated rings. The Balaban J connectivity index is 0.00000132. The largest absolute Gasteiger partial charge is 0.336 e. The van der Waals surface area contributed by atoms with E-state index in [1.54, 1.807) is 12.3 Å². The molecule has 0 spiro atoms. The SMILES string of the molecule is Cl.Cl.NC[C@@H]1CN(C(=O)c2ccccn2)C[C@H]1c1ccccc1. The summed E-state index contributed by atoms with van der Waals surface area (Å²) in [4.78, 5) is 18.5. The highest BCUT2D eigenvalue weighted by molar-refractivity contribution is 5.92. The Morgan fingerprint density at radius 3 is 2.39 bits per heavy atom. The molecule has 124 valence electrons. The van der Waals surface area contributed by atoms with Crippen molar-refractivity contribution >= 4 is 30.7 Å². The number of carbonyl (C=O) groups excluding carboxylic acids is 1. The van der Waals surface area contributed by atoms with Crippen molar-refractivity contribution in [3.05, 3.63) is 66.0 Å². The lowest BCUT2D eigenvalue weighted by molar-refractivity contribution is 0.0780. The molecule has 2 heterocycles. The molecular formula is C17H21Cl2N3O. The zero-order valence-electron chi connectivity index (χ0n) is 12.7. The van der Waals surface area contributed by atoms with E-state index in [0.29, 0.717) is 37.2 Å². The summed E-state index contributed by atoms with van der Waals surface area (Å²) in [5.41, 5.74) is 7.66. The van der Waals surface area contributed by atoms with Crippen LogP contribution in [0.3, 0.4) is 0 Å². The van der Waals surface area contributed by atoms with E-state index >= 15 is 0 Å². The fraction of sp³-hybridized carbons (Fsp3) is 0.294. The minimum absolute atomic E-state index is 0. The van der Waals surface area contributed by atoms with Crippen molar-refractivity contribution in [1.29, 1.82) is 0 Å². The quantitative estimate of drug-likeness (QED) is 0.922. The Hall–Kier alpha value is -1.62. The molecule has 1 saturated heterocycles. The summed E-state index contributed by atoms with van der Waals surface area (Å²) in [6.45, 7) is 2.00. The van der Waals surface area contributed by atoms with Gasteiger partial charge in [0.2, 0.25) is 0 Å². The monoisotopic (exact) mass is 353 g/mol. The summed E-state index contributed by atoms with van der Waals surface area (Å²) in [7, 11) is 0. The smallest absolute Gasteiger partial charge is 0.272 e. The highest BCUT2D eigenvalue weighted by Gasteiger charge is 2.35. The van der Waals surface area contributed by atoms with E-state index in [2.05, 4.69) is 17.1 Å². The van der Waals surface area contributed by atoms with Gasteiger partial charge in [-0.15, -0.1) is 24.8 Å². The fourth-order valence-corrected chi connectivity index (χ4v) is 3.01. The Bertz CT molecular complexity index is 610. The maximum absolute atomic E-state index is 12.5. The second-order valence-electron chi connectivity index (χ2n) is 5.44. The molecule has 1 aliphatic rings. The van der Waals surface area contributed by atoms with Gasteiger partial charge in [0.25, 0.3) is 5.91 Å². The Kier molecular flexibility index (Phi) is 7.49. The average Bonchev–Trinajstić information content (AvgIpc) is 3.00. The van der Waals surface area contributed by atoms with Crippen molar-refractivity contribution in [3.8, 4) is 0 Å². The maximum Gasteiger partial charge on any atom is 0.272 e. The van der Waals surface area contributed by atoms with Gasteiger partial charge in [-0.3, -0.25) is 9.78 Å². The van der Waals surface area contributed by atoms with Crippen LogP contribution in [0.15, 0.2) is 54.7 Å². The highest BCUT2D eigenvalue weighted by atomic mass is 35.5. The predicted molar refractivity (Wildman–Crippen MR) is 96.4 cm³/mol. The van der Waals surface area contributed by atoms with Gasteiger partial charge in [0.1, 0.15) is 5.69 Å². The first-order chi connectivity index (χ1) is 10.3. The third-order valence-electron chi connectivity index (χ3n) is 4.14. The van der Waals surface area contributed by atoms with Crippen molar-refractivity contribution in [2.24, 2.45) is 11.7 Å². The van der Waals surface area contributed by atoms with Crippen molar-refractivity contribution in [3.63, 3.8) is 0 Å². The number of rotatable bonds is 3. The van der Waals surface area contributed by atoms with Gasteiger partial charge in [0, 0.05) is 25.2 Å². The number of likely N-dealkylation sites (tertiary alicyclic amines) is 1. The number of nitrogens with two attached hydrogens (primary N) is 1. The van der Waals surface area contributed by atoms with Crippen LogP contribution in [0.25, 0.3) is 0 Å². The predicted octanol–water partition coefficient (Wildman–Crippen LogP) is 2.74. The van der Waals surface area contributed by atoms with Gasteiger partial charge in [-0.05, 0) is 30.2 Å². The van der Waals surface area contributed by atoms with Gasteiger partial charge in [-0.25, -0.2) is 0 Å². The summed E-state index contributed by atoms with van der Waals surface area (Å²) >= 11 is 0. The third kappa shape index (κ3) is 4.22. The molecule has 1 amide bonds. The molecule has 1 aromatic carbocycles. The molecule has 2 aromatic rings. The zero-order valence-corrected chi connectivity index (χ0v) is 14.3. The molecule has 0 bridgehead atoms. The number of aromatic nitrogens is 1. The van der Waals surface area contributed by atoms with E-state index < -0.39 is 0 Å². The third-order valence-corrected chi connectivity index (χ3v) is 4.14. The molecule has 6 heteroatoms. The van der Waals surface area contributed by atoms with E-state index in [9.17, 15) is 4.79 Å². The van der Waals surface area contributed by atoms with Crippen LogP contribution in [0.4, 0.5) is 0 Å². The Labute approximate surface area is 148 Å². The minimum Gasteiger partial charge on any atom is -0.336 e. The molecule has 2 N–H and O–H groups in total. The molecule has 4 nitrogen and oxygen atoms in total. The number of hydrogen-bond acceptors (Lipinski definition) is 3. The number of pyridine rings is 1. The van der Waals surface area contributed by atoms with Crippen molar-refractivity contribution in [2.45, 2.75) is 5.92 Å². The van der Waals surface area contributed by atoms with Crippen LogP contribution in [-0.4, -0.2) is 35.4 Å². The second-order valence-corrected chi connectivity index (χ2v) is 5.44. The van der Waals surface area contributed by atoms with Gasteiger partial charge in [0.15, 0.2) is 0 Å². The van der Waals surface area contributed by atoms with Gasteiger partial charge in [0.05, 0.1) is 0 Å². The van der Waals surface area contributed by atoms with Crippen LogP contribution in [-0.2, 0) is 0 Å². The Morgan fingerprint density at radius 1 is 1.09 bits per heavy atom. The van der Waals surface area contributed by atoms with Crippen molar-refractivity contribution in [2.75, 3.05) is 19.6 Å². The first kappa shape index (κ1) is 19.4. The van der Waals surface area contributed by atoms with Gasteiger partial charge in [-0.2, -0.15) is 0 Å². The van der Waals surface area contributed by atoms with Crippen LogP contribution in [0.2, 0.25) is 0 Å². The molecule has 0 unspecified atom stereocenters. The first-order valence-corrected chi connectivity index (χ1v) is 7.25. The number of halogens is 2. The summed E-state index contributed by atoms with van der Waals surface area (Å²) in [5, 5.41) is 0. The lowest BCUT2D eigenvalue weighted by Crippen LogP contribution is -2.30. The molecular weight excluding hydrogens is 333 g/mol. The maximum atomic E-state index is 12.5. The average molecular weight is 354 g/mol. The van der Waals surface area contributed by atoms with E-state index in [1.807, 2.05) is 35.2 Å². The van der Waals surface area contributed by atoms with Gasteiger partial charge in [-0.1, -0.05) is 36.4 Å². The van der Waals surface area contributed by atoms with Gasteiger partial charge < -0.3 is 10.6 Å². The molecule has 0 aliphatic carbocycles. The standard InChI is InChI=1S/C17H19N3O.2ClH/c18-10-14-11-20(17(21)16-8-4-5-9-19-16)12-15(14)13-6-2-1-3-7-13;;/h1-9,14-15H,10-12,18H2;2*1H/t14-,15+;;/m1../s1. The van der Waals surface area contributed by atoms with Crippen LogP contribution in [0, 0.1) is 5.92 Å². The van der Waals surface area contributed by atoms with Crippen molar-refractivity contribution < 1.29 is 4.79 Å². The van der Waals surface area contributed by atoms with E-state index in [1.165, 1.54) is 5.56 Å². The summed E-state index contributed by atoms with van der Waals surface area (Å²) < 4.78 is 0. The van der Waals surface area contributed by atoms with E-state index in [-0.39, 0.29) is 30.7 Å². The van der Waals surface area contributed by atoms with E-state index in [0.717, 1.165) is 0 Å². The Morgan fingerprint density at radius 2 is 1.78 bits per heavy atom. The lowest BCUT2D eigenvalue weighted by atomic mass is 9.89. The normalized spacial score (nSPS) is 19.6. The first-order valence-electron chi connectivity index (χ1n) is 7.25. The number of nitrogens with zero attached hydrogens (tertiary/aromatic N) is 2. The minimum atomic E-state index is -0.00696. The number of benzene rings is 1. The van der Waals surface area contributed by atoms with Crippen LogP contribution >= 0.6 is 24.8 Å². The molecule has 1 aliphatic heterocycles. The zero-order chi connectivity index (χ0) is 14.7. The van der Waals surface area contributed by atoms with Gasteiger partial charge >= 0.3 is 0 Å². The molecule has 1 aromatic heterocycles. The van der Waals surface area contributed by atoms with Crippen molar-refractivity contribution in [1.82, 2.24) is 9.88 Å². The molecule has 23 heavy (non-hydrogen) atoms. The molecule has 2 atom stereocenters. The summed E-state index contributed by atoms with van der Waals surface area (Å²) in [5.74, 6) is 0.608. The topological polar surface area (TPSA) is 59.2 Å².